The number of aryl methyl sites for hydroxylation is 3. The molecule has 4 nitrogen and oxygen atoms in total. The molecule has 0 bridgehead atoms. The quantitative estimate of drug-likeness (QED) is 0.292. The minimum atomic E-state index is -0.712. The fraction of sp³-hybridized carbons (Fsp3) is 0.241. The SMILES string of the molecule is Cc1cccc(C2/C(=C(/O)c3ccc(C)c(C)c3)C(=O)C(=O)N2c2ccc(C(C)C)cc2)c1. The number of carbonyl (C=O) groups is 2. The maximum atomic E-state index is 13.3. The molecule has 4 heteroatoms. The third kappa shape index (κ3) is 4.09. The van der Waals surface area contributed by atoms with E-state index in [2.05, 4.69) is 13.8 Å². The lowest BCUT2D eigenvalue weighted by Crippen LogP contribution is -2.29. The zero-order valence-corrected chi connectivity index (χ0v) is 19.7. The van der Waals surface area contributed by atoms with Crippen LogP contribution in [-0.2, 0) is 9.59 Å². The number of nitrogens with zero attached hydrogens (tertiary/aromatic N) is 1. The summed E-state index contributed by atoms with van der Waals surface area (Å²) in [5, 5.41) is 11.3. The van der Waals surface area contributed by atoms with Gasteiger partial charge in [0.05, 0.1) is 11.6 Å². The van der Waals surface area contributed by atoms with Crippen LogP contribution in [0.1, 0.15) is 59.2 Å². The van der Waals surface area contributed by atoms with Crippen LogP contribution in [0, 0.1) is 20.8 Å². The molecule has 0 spiro atoms. The Bertz CT molecular complexity index is 1270. The Morgan fingerprint density at radius 3 is 2.18 bits per heavy atom. The van der Waals surface area contributed by atoms with Gasteiger partial charge in [-0.25, -0.2) is 0 Å². The van der Waals surface area contributed by atoms with Gasteiger partial charge in [0.15, 0.2) is 0 Å². The van der Waals surface area contributed by atoms with Crippen LogP contribution in [0.4, 0.5) is 5.69 Å². The molecule has 1 aliphatic heterocycles. The fourth-order valence-corrected chi connectivity index (χ4v) is 4.32. The monoisotopic (exact) mass is 439 g/mol. The summed E-state index contributed by atoms with van der Waals surface area (Å²) in [6.45, 7) is 10.1. The Morgan fingerprint density at radius 1 is 0.879 bits per heavy atom. The average Bonchev–Trinajstić information content (AvgIpc) is 3.06. The van der Waals surface area contributed by atoms with Crippen molar-refractivity contribution in [2.75, 3.05) is 4.90 Å². The molecule has 1 atom stereocenters. The third-order valence-electron chi connectivity index (χ3n) is 6.42. The Morgan fingerprint density at radius 2 is 1.58 bits per heavy atom. The lowest BCUT2D eigenvalue weighted by atomic mass is 9.93. The highest BCUT2D eigenvalue weighted by molar-refractivity contribution is 6.51. The maximum Gasteiger partial charge on any atom is 0.300 e. The zero-order valence-electron chi connectivity index (χ0n) is 19.7. The molecule has 1 heterocycles. The smallest absolute Gasteiger partial charge is 0.300 e. The van der Waals surface area contributed by atoms with Crippen molar-refractivity contribution < 1.29 is 14.7 Å². The summed E-state index contributed by atoms with van der Waals surface area (Å²) in [6.07, 6.45) is 0. The van der Waals surface area contributed by atoms with Crippen LogP contribution in [0.15, 0.2) is 72.3 Å². The predicted octanol–water partition coefficient (Wildman–Crippen LogP) is 6.36. The largest absolute Gasteiger partial charge is 0.507 e. The van der Waals surface area contributed by atoms with Gasteiger partial charge in [0, 0.05) is 11.3 Å². The molecule has 0 radical (unpaired) electrons. The van der Waals surface area contributed by atoms with E-state index in [0.29, 0.717) is 17.2 Å². The van der Waals surface area contributed by atoms with Crippen LogP contribution in [0.2, 0.25) is 0 Å². The Labute approximate surface area is 195 Å². The molecule has 1 amide bonds. The number of aliphatic hydroxyl groups excluding tert-OH is 1. The number of aliphatic hydroxyl groups is 1. The first-order valence-electron chi connectivity index (χ1n) is 11.2. The molecule has 0 aliphatic carbocycles. The predicted molar refractivity (Wildman–Crippen MR) is 132 cm³/mol. The molecule has 3 aromatic rings. The second-order valence-corrected chi connectivity index (χ2v) is 9.13. The maximum absolute atomic E-state index is 13.3. The Kier molecular flexibility index (Phi) is 5.94. The molecule has 33 heavy (non-hydrogen) atoms. The molecule has 1 aliphatic rings. The van der Waals surface area contributed by atoms with Gasteiger partial charge in [-0.2, -0.15) is 0 Å². The van der Waals surface area contributed by atoms with Crippen LogP contribution >= 0.6 is 0 Å². The number of Topliss-reactive ketones (excluding diaryl/α,β-unsaturated/α-hetero) is 1. The summed E-state index contributed by atoms with van der Waals surface area (Å²) in [5.41, 5.74) is 6.32. The normalized spacial score (nSPS) is 17.8. The molecule has 0 saturated carbocycles. The number of rotatable bonds is 4. The number of anilines is 1. The van der Waals surface area contributed by atoms with E-state index in [0.717, 1.165) is 27.8 Å². The number of ketones is 1. The zero-order chi connectivity index (χ0) is 23.9. The van der Waals surface area contributed by atoms with Crippen molar-refractivity contribution in [3.63, 3.8) is 0 Å². The van der Waals surface area contributed by atoms with Gasteiger partial charge in [0.1, 0.15) is 5.76 Å². The van der Waals surface area contributed by atoms with Crippen LogP contribution in [0.3, 0.4) is 0 Å². The topological polar surface area (TPSA) is 57.6 Å². The summed E-state index contributed by atoms with van der Waals surface area (Å²) in [5.74, 6) is -1.11. The van der Waals surface area contributed by atoms with Crippen LogP contribution in [0.5, 0.6) is 0 Å². The first-order chi connectivity index (χ1) is 15.7. The van der Waals surface area contributed by atoms with Gasteiger partial charge in [0.25, 0.3) is 11.7 Å². The van der Waals surface area contributed by atoms with Crippen molar-refractivity contribution in [2.24, 2.45) is 0 Å². The lowest BCUT2D eigenvalue weighted by Gasteiger charge is -2.26. The van der Waals surface area contributed by atoms with E-state index >= 15 is 0 Å². The summed E-state index contributed by atoms with van der Waals surface area (Å²) < 4.78 is 0. The molecular weight excluding hydrogens is 410 g/mol. The highest BCUT2D eigenvalue weighted by Crippen LogP contribution is 2.42. The fourth-order valence-electron chi connectivity index (χ4n) is 4.32. The molecule has 168 valence electrons. The van der Waals surface area contributed by atoms with E-state index in [9.17, 15) is 14.7 Å². The number of hydrogen-bond acceptors (Lipinski definition) is 3. The number of hydrogen-bond donors (Lipinski definition) is 1. The van der Waals surface area contributed by atoms with E-state index < -0.39 is 17.7 Å². The van der Waals surface area contributed by atoms with E-state index in [4.69, 9.17) is 0 Å². The highest BCUT2D eigenvalue weighted by atomic mass is 16.3. The first-order valence-corrected chi connectivity index (χ1v) is 11.2. The Balaban J connectivity index is 1.93. The third-order valence-corrected chi connectivity index (χ3v) is 6.42. The Hall–Kier alpha value is -3.66. The van der Waals surface area contributed by atoms with Crippen LogP contribution in [-0.4, -0.2) is 16.8 Å². The van der Waals surface area contributed by atoms with Gasteiger partial charge in [0.2, 0.25) is 0 Å². The van der Waals surface area contributed by atoms with Crippen molar-refractivity contribution in [3.05, 3.63) is 106 Å². The molecule has 0 aromatic heterocycles. The van der Waals surface area contributed by atoms with E-state index in [1.54, 1.807) is 6.07 Å². The van der Waals surface area contributed by atoms with Gasteiger partial charge in [-0.15, -0.1) is 0 Å². The highest BCUT2D eigenvalue weighted by Gasteiger charge is 2.47. The van der Waals surface area contributed by atoms with Gasteiger partial charge in [-0.1, -0.05) is 67.9 Å². The molecule has 1 saturated heterocycles. The summed E-state index contributed by atoms with van der Waals surface area (Å²) in [6, 6.07) is 20.3. The van der Waals surface area contributed by atoms with Gasteiger partial charge in [-0.3, -0.25) is 14.5 Å². The molecule has 1 N–H and O–H groups in total. The summed E-state index contributed by atoms with van der Waals surface area (Å²) in [7, 11) is 0. The lowest BCUT2D eigenvalue weighted by molar-refractivity contribution is -0.132. The number of amides is 1. The molecular formula is C29H29NO3. The minimum absolute atomic E-state index is 0.113. The summed E-state index contributed by atoms with van der Waals surface area (Å²) in [4.78, 5) is 28.1. The molecule has 1 fully saturated rings. The first kappa shape index (κ1) is 22.5. The minimum Gasteiger partial charge on any atom is -0.507 e. The standard InChI is InChI=1S/C29H29NO3/c1-17(2)21-11-13-24(14-12-21)30-26(22-8-6-7-18(3)15-22)25(28(32)29(30)33)27(31)23-10-9-19(4)20(5)16-23/h6-17,26,31H,1-5H3/b27-25-. The van der Waals surface area contributed by atoms with Crippen molar-refractivity contribution in [1.82, 2.24) is 0 Å². The summed E-state index contributed by atoms with van der Waals surface area (Å²) >= 11 is 0. The average molecular weight is 440 g/mol. The second-order valence-electron chi connectivity index (χ2n) is 9.13. The van der Waals surface area contributed by atoms with Crippen molar-refractivity contribution in [1.29, 1.82) is 0 Å². The van der Waals surface area contributed by atoms with Gasteiger partial charge in [-0.05, 0) is 67.1 Å². The van der Waals surface area contributed by atoms with Crippen molar-refractivity contribution in [3.8, 4) is 0 Å². The molecule has 4 rings (SSSR count). The number of carbonyl (C=O) groups excluding carboxylic acids is 2. The van der Waals surface area contributed by atoms with E-state index in [1.165, 1.54) is 4.90 Å². The van der Waals surface area contributed by atoms with E-state index in [1.807, 2.05) is 81.4 Å². The molecule has 3 aromatic carbocycles. The van der Waals surface area contributed by atoms with Gasteiger partial charge >= 0.3 is 0 Å². The number of benzene rings is 3. The molecule has 1 unspecified atom stereocenters. The van der Waals surface area contributed by atoms with E-state index in [-0.39, 0.29) is 11.3 Å². The van der Waals surface area contributed by atoms with Crippen molar-refractivity contribution >= 4 is 23.1 Å². The van der Waals surface area contributed by atoms with Gasteiger partial charge < -0.3 is 5.11 Å². The second kappa shape index (κ2) is 8.70. The van der Waals surface area contributed by atoms with Crippen LogP contribution < -0.4 is 4.90 Å². The van der Waals surface area contributed by atoms with Crippen LogP contribution in [0.25, 0.3) is 5.76 Å². The van der Waals surface area contributed by atoms with Crippen molar-refractivity contribution in [2.45, 2.75) is 46.6 Å².